The van der Waals surface area contributed by atoms with Crippen molar-refractivity contribution >= 4 is 11.9 Å². The summed E-state index contributed by atoms with van der Waals surface area (Å²) in [7, 11) is 0. The number of carboxylic acid groups (broad SMARTS) is 1. The van der Waals surface area contributed by atoms with Gasteiger partial charge in [0, 0.05) is 18.9 Å². The fraction of sp³-hybridized carbons (Fsp3) is 0.846. The molecule has 0 aromatic rings. The lowest BCUT2D eigenvalue weighted by atomic mass is 9.88. The van der Waals surface area contributed by atoms with E-state index < -0.39 is 5.97 Å². The zero-order valence-corrected chi connectivity index (χ0v) is 10.3. The highest BCUT2D eigenvalue weighted by Crippen LogP contribution is 2.48. The van der Waals surface area contributed by atoms with Gasteiger partial charge in [-0.25, -0.2) is 0 Å². The Hall–Kier alpha value is -1.06. The standard InChI is InChI=1S/C13H21NO3/c1-8(4-12(15)16)7-14-13(17)11-6-9-2-3-10(11)5-9/h8-11H,2-7H2,1H3,(H,14,17)(H,15,16). The van der Waals surface area contributed by atoms with Crippen LogP contribution in [0.2, 0.25) is 0 Å². The number of aliphatic carboxylic acids is 1. The normalized spacial score (nSPS) is 32.4. The average molecular weight is 239 g/mol. The molecule has 2 fully saturated rings. The van der Waals surface area contributed by atoms with E-state index in [4.69, 9.17) is 5.11 Å². The predicted octanol–water partition coefficient (Wildman–Crippen LogP) is 1.65. The van der Waals surface area contributed by atoms with Gasteiger partial charge in [0.15, 0.2) is 0 Å². The van der Waals surface area contributed by atoms with E-state index in [2.05, 4.69) is 5.32 Å². The Morgan fingerprint density at radius 2 is 2.12 bits per heavy atom. The van der Waals surface area contributed by atoms with Crippen LogP contribution in [0.5, 0.6) is 0 Å². The summed E-state index contributed by atoms with van der Waals surface area (Å²) in [6.45, 7) is 2.34. The number of carboxylic acids is 1. The number of rotatable bonds is 5. The molecule has 0 aromatic heterocycles. The van der Waals surface area contributed by atoms with Crippen molar-refractivity contribution in [2.75, 3.05) is 6.54 Å². The minimum atomic E-state index is -0.799. The van der Waals surface area contributed by atoms with Crippen LogP contribution in [0, 0.1) is 23.7 Å². The zero-order valence-electron chi connectivity index (χ0n) is 10.3. The first-order valence-corrected chi connectivity index (χ1v) is 6.55. The third-order valence-electron chi connectivity index (χ3n) is 4.22. The first-order valence-electron chi connectivity index (χ1n) is 6.55. The summed E-state index contributed by atoms with van der Waals surface area (Å²) in [5, 5.41) is 11.5. The van der Waals surface area contributed by atoms with Crippen LogP contribution >= 0.6 is 0 Å². The second-order valence-corrected chi connectivity index (χ2v) is 5.73. The summed E-state index contributed by atoms with van der Waals surface area (Å²) in [4.78, 5) is 22.5. The van der Waals surface area contributed by atoms with E-state index in [9.17, 15) is 9.59 Å². The average Bonchev–Trinajstić information content (AvgIpc) is 2.86. The van der Waals surface area contributed by atoms with Gasteiger partial charge in [-0.3, -0.25) is 9.59 Å². The lowest BCUT2D eigenvalue weighted by Crippen LogP contribution is -2.36. The number of fused-ring (bicyclic) bond motifs is 2. The summed E-state index contributed by atoms with van der Waals surface area (Å²) in [6, 6.07) is 0. The molecule has 0 saturated heterocycles. The van der Waals surface area contributed by atoms with Gasteiger partial charge in [-0.2, -0.15) is 0 Å². The van der Waals surface area contributed by atoms with Gasteiger partial charge in [-0.15, -0.1) is 0 Å². The molecule has 0 aliphatic heterocycles. The summed E-state index contributed by atoms with van der Waals surface area (Å²) in [5.41, 5.74) is 0. The maximum atomic E-state index is 12.0. The largest absolute Gasteiger partial charge is 0.481 e. The molecule has 17 heavy (non-hydrogen) atoms. The number of carbonyl (C=O) groups excluding carboxylic acids is 1. The Balaban J connectivity index is 1.72. The van der Waals surface area contributed by atoms with E-state index in [1.807, 2.05) is 6.92 Å². The third-order valence-corrected chi connectivity index (χ3v) is 4.22. The fourth-order valence-corrected chi connectivity index (χ4v) is 3.34. The second kappa shape index (κ2) is 5.07. The number of carbonyl (C=O) groups is 2. The quantitative estimate of drug-likeness (QED) is 0.766. The van der Waals surface area contributed by atoms with Gasteiger partial charge >= 0.3 is 5.97 Å². The minimum Gasteiger partial charge on any atom is -0.481 e. The fourth-order valence-electron chi connectivity index (χ4n) is 3.34. The molecule has 2 aliphatic rings. The molecule has 2 rings (SSSR count). The molecule has 4 unspecified atom stereocenters. The Kier molecular flexibility index (Phi) is 3.69. The SMILES string of the molecule is CC(CNC(=O)C1CC2CCC1C2)CC(=O)O. The van der Waals surface area contributed by atoms with Crippen molar-refractivity contribution in [2.24, 2.45) is 23.7 Å². The Bertz CT molecular complexity index is 316. The summed E-state index contributed by atoms with van der Waals surface area (Å²) in [6.07, 6.45) is 4.89. The van der Waals surface area contributed by atoms with Crippen LogP contribution in [-0.4, -0.2) is 23.5 Å². The highest BCUT2D eigenvalue weighted by atomic mass is 16.4. The van der Waals surface area contributed by atoms with Crippen molar-refractivity contribution < 1.29 is 14.7 Å². The van der Waals surface area contributed by atoms with E-state index in [0.29, 0.717) is 12.5 Å². The number of hydrogen-bond acceptors (Lipinski definition) is 2. The van der Waals surface area contributed by atoms with Gasteiger partial charge < -0.3 is 10.4 Å². The molecule has 4 heteroatoms. The van der Waals surface area contributed by atoms with Gasteiger partial charge in [0.1, 0.15) is 0 Å². The van der Waals surface area contributed by atoms with Crippen LogP contribution in [0.1, 0.15) is 39.0 Å². The van der Waals surface area contributed by atoms with Crippen LogP contribution in [0.3, 0.4) is 0 Å². The van der Waals surface area contributed by atoms with Crippen molar-refractivity contribution in [3.05, 3.63) is 0 Å². The topological polar surface area (TPSA) is 66.4 Å². The molecule has 0 aromatic carbocycles. The molecule has 2 bridgehead atoms. The monoisotopic (exact) mass is 239 g/mol. The molecule has 2 N–H and O–H groups in total. The molecule has 2 aliphatic carbocycles. The Morgan fingerprint density at radius 1 is 1.35 bits per heavy atom. The summed E-state index contributed by atoms with van der Waals surface area (Å²) >= 11 is 0. The van der Waals surface area contributed by atoms with E-state index in [0.717, 1.165) is 12.3 Å². The van der Waals surface area contributed by atoms with Crippen molar-refractivity contribution in [1.82, 2.24) is 5.32 Å². The molecular formula is C13H21NO3. The molecular weight excluding hydrogens is 218 g/mol. The molecule has 2 saturated carbocycles. The van der Waals surface area contributed by atoms with Crippen LogP contribution < -0.4 is 5.32 Å². The smallest absolute Gasteiger partial charge is 0.303 e. The Morgan fingerprint density at radius 3 is 2.65 bits per heavy atom. The Labute approximate surface area is 102 Å². The number of nitrogens with one attached hydrogen (secondary N) is 1. The van der Waals surface area contributed by atoms with Gasteiger partial charge in [-0.1, -0.05) is 13.3 Å². The molecule has 4 atom stereocenters. The maximum absolute atomic E-state index is 12.0. The third kappa shape index (κ3) is 2.99. The number of hydrogen-bond donors (Lipinski definition) is 2. The molecule has 0 radical (unpaired) electrons. The van der Waals surface area contributed by atoms with Crippen LogP contribution in [0.4, 0.5) is 0 Å². The first kappa shape index (κ1) is 12.4. The van der Waals surface area contributed by atoms with E-state index in [1.165, 1.54) is 19.3 Å². The van der Waals surface area contributed by atoms with E-state index in [-0.39, 0.29) is 24.2 Å². The highest BCUT2D eigenvalue weighted by molar-refractivity contribution is 5.79. The summed E-state index contributed by atoms with van der Waals surface area (Å²) < 4.78 is 0. The van der Waals surface area contributed by atoms with Crippen LogP contribution in [0.15, 0.2) is 0 Å². The first-order chi connectivity index (χ1) is 8.06. The van der Waals surface area contributed by atoms with Crippen molar-refractivity contribution in [3.63, 3.8) is 0 Å². The van der Waals surface area contributed by atoms with Crippen molar-refractivity contribution in [3.8, 4) is 0 Å². The van der Waals surface area contributed by atoms with Crippen molar-refractivity contribution in [2.45, 2.75) is 39.0 Å². The van der Waals surface area contributed by atoms with E-state index in [1.54, 1.807) is 0 Å². The van der Waals surface area contributed by atoms with Crippen molar-refractivity contribution in [1.29, 1.82) is 0 Å². The van der Waals surface area contributed by atoms with Gasteiger partial charge in [0.2, 0.25) is 5.91 Å². The van der Waals surface area contributed by atoms with Crippen LogP contribution in [-0.2, 0) is 9.59 Å². The lowest BCUT2D eigenvalue weighted by molar-refractivity contribution is -0.138. The molecule has 1 amide bonds. The van der Waals surface area contributed by atoms with E-state index >= 15 is 0 Å². The zero-order chi connectivity index (χ0) is 12.4. The second-order valence-electron chi connectivity index (χ2n) is 5.73. The minimum absolute atomic E-state index is 0.00930. The van der Waals surface area contributed by atoms with Gasteiger partial charge in [0.25, 0.3) is 0 Å². The van der Waals surface area contributed by atoms with Gasteiger partial charge in [-0.05, 0) is 37.0 Å². The maximum Gasteiger partial charge on any atom is 0.303 e. The highest BCUT2D eigenvalue weighted by Gasteiger charge is 2.42. The lowest BCUT2D eigenvalue weighted by Gasteiger charge is -2.21. The predicted molar refractivity (Wildman–Crippen MR) is 63.4 cm³/mol. The van der Waals surface area contributed by atoms with Gasteiger partial charge in [0.05, 0.1) is 0 Å². The number of amides is 1. The molecule has 4 nitrogen and oxygen atoms in total. The van der Waals surface area contributed by atoms with Crippen LogP contribution in [0.25, 0.3) is 0 Å². The molecule has 0 spiro atoms. The summed E-state index contributed by atoms with van der Waals surface area (Å²) in [5.74, 6) is 0.920. The molecule has 0 heterocycles. The molecule has 96 valence electrons.